The SMILES string of the molecule is C=C1C(C(=O)Nc2cc(Cl)ccc2Cl)C1C(=O)Nc1cc(Cl)ccc1Cl. The van der Waals surface area contributed by atoms with Gasteiger partial charge in [0.05, 0.1) is 33.3 Å². The second-order valence-electron chi connectivity index (χ2n) is 5.76. The summed E-state index contributed by atoms with van der Waals surface area (Å²) in [6.45, 7) is 3.80. The molecule has 2 aromatic carbocycles. The van der Waals surface area contributed by atoms with Gasteiger partial charge in [0.2, 0.25) is 11.8 Å². The Morgan fingerprint density at radius 1 is 0.769 bits per heavy atom. The first-order valence-electron chi connectivity index (χ1n) is 7.48. The van der Waals surface area contributed by atoms with Crippen molar-refractivity contribution in [3.63, 3.8) is 0 Å². The van der Waals surface area contributed by atoms with Gasteiger partial charge in [-0.2, -0.15) is 0 Å². The van der Waals surface area contributed by atoms with Crippen LogP contribution in [0.5, 0.6) is 0 Å². The van der Waals surface area contributed by atoms with Crippen LogP contribution in [-0.2, 0) is 9.59 Å². The zero-order valence-electron chi connectivity index (χ0n) is 13.2. The Hall–Kier alpha value is -1.72. The van der Waals surface area contributed by atoms with Gasteiger partial charge in [-0.3, -0.25) is 9.59 Å². The summed E-state index contributed by atoms with van der Waals surface area (Å²) in [6.07, 6.45) is 0. The zero-order chi connectivity index (χ0) is 19.0. The standard InChI is InChI=1S/C18H12Cl4N2O2/c1-8-15(17(25)23-13-6-9(19)2-4-11(13)21)16(8)18(26)24-14-7-10(20)3-5-12(14)22/h2-7,15-16H,1H2,(H,23,25)(H,24,26). The summed E-state index contributed by atoms with van der Waals surface area (Å²) in [5, 5.41) is 6.90. The maximum Gasteiger partial charge on any atom is 0.232 e. The summed E-state index contributed by atoms with van der Waals surface area (Å²) in [5.41, 5.74) is 1.26. The van der Waals surface area contributed by atoms with Crippen molar-refractivity contribution in [1.82, 2.24) is 0 Å². The van der Waals surface area contributed by atoms with Gasteiger partial charge in [0.15, 0.2) is 0 Å². The molecule has 1 saturated carbocycles. The Morgan fingerprint density at radius 2 is 1.15 bits per heavy atom. The quantitative estimate of drug-likeness (QED) is 0.614. The molecule has 2 aromatic rings. The molecule has 0 bridgehead atoms. The zero-order valence-corrected chi connectivity index (χ0v) is 16.2. The summed E-state index contributed by atoms with van der Waals surface area (Å²) in [4.78, 5) is 24.9. The van der Waals surface area contributed by atoms with Crippen molar-refractivity contribution >= 4 is 69.6 Å². The van der Waals surface area contributed by atoms with Gasteiger partial charge < -0.3 is 10.6 Å². The molecule has 8 heteroatoms. The Labute approximate surface area is 170 Å². The lowest BCUT2D eigenvalue weighted by molar-refractivity contribution is -0.122. The van der Waals surface area contributed by atoms with Crippen molar-refractivity contribution in [1.29, 1.82) is 0 Å². The molecule has 2 amide bonds. The van der Waals surface area contributed by atoms with Crippen molar-refractivity contribution < 1.29 is 9.59 Å². The maximum absolute atomic E-state index is 12.4. The number of anilines is 2. The number of carbonyl (C=O) groups excluding carboxylic acids is 2. The van der Waals surface area contributed by atoms with Gasteiger partial charge in [-0.1, -0.05) is 58.6 Å². The number of halogens is 4. The summed E-state index contributed by atoms with van der Waals surface area (Å²) in [5.74, 6) is -2.06. The van der Waals surface area contributed by atoms with Crippen molar-refractivity contribution in [3.8, 4) is 0 Å². The highest BCUT2D eigenvalue weighted by molar-refractivity contribution is 6.36. The third-order valence-corrected chi connectivity index (χ3v) is 5.09. The molecule has 1 fully saturated rings. The van der Waals surface area contributed by atoms with Crippen LogP contribution in [0.4, 0.5) is 11.4 Å². The topological polar surface area (TPSA) is 58.2 Å². The van der Waals surface area contributed by atoms with E-state index in [1.54, 1.807) is 24.3 Å². The normalized spacial score (nSPS) is 18.4. The molecule has 1 aliphatic carbocycles. The molecule has 0 aromatic heterocycles. The van der Waals surface area contributed by atoms with Crippen LogP contribution in [0.15, 0.2) is 48.6 Å². The Balaban J connectivity index is 1.68. The fourth-order valence-electron chi connectivity index (χ4n) is 2.56. The summed E-state index contributed by atoms with van der Waals surface area (Å²) < 4.78 is 0. The second-order valence-corrected chi connectivity index (χ2v) is 7.44. The molecule has 0 aliphatic heterocycles. The monoisotopic (exact) mass is 428 g/mol. The van der Waals surface area contributed by atoms with E-state index >= 15 is 0 Å². The average Bonchev–Trinajstić information content (AvgIpc) is 3.26. The molecule has 1 aliphatic rings. The Morgan fingerprint density at radius 3 is 1.54 bits per heavy atom. The minimum absolute atomic E-state index is 0.348. The number of carbonyl (C=O) groups is 2. The van der Waals surface area contributed by atoms with Gasteiger partial charge in [0.25, 0.3) is 0 Å². The van der Waals surface area contributed by atoms with Crippen LogP contribution in [0, 0.1) is 11.8 Å². The lowest BCUT2D eigenvalue weighted by Crippen LogP contribution is -2.20. The van der Waals surface area contributed by atoms with Crippen molar-refractivity contribution in [3.05, 3.63) is 68.6 Å². The van der Waals surface area contributed by atoms with Crippen LogP contribution in [0.3, 0.4) is 0 Å². The lowest BCUT2D eigenvalue weighted by Gasteiger charge is -2.08. The van der Waals surface area contributed by atoms with Gasteiger partial charge in [0.1, 0.15) is 0 Å². The Kier molecular flexibility index (Phi) is 5.49. The number of amides is 2. The average molecular weight is 430 g/mol. The van der Waals surface area contributed by atoms with E-state index in [-0.39, 0.29) is 11.8 Å². The highest BCUT2D eigenvalue weighted by Gasteiger charge is 2.52. The van der Waals surface area contributed by atoms with Crippen LogP contribution >= 0.6 is 46.4 Å². The minimum atomic E-state index is -0.650. The molecule has 2 N–H and O–H groups in total. The van der Waals surface area contributed by atoms with Crippen LogP contribution in [-0.4, -0.2) is 11.8 Å². The van der Waals surface area contributed by atoms with Gasteiger partial charge in [-0.15, -0.1) is 0 Å². The molecule has 2 unspecified atom stereocenters. The summed E-state index contributed by atoms with van der Waals surface area (Å²) >= 11 is 23.9. The summed E-state index contributed by atoms with van der Waals surface area (Å²) in [7, 11) is 0. The van der Waals surface area contributed by atoms with E-state index in [2.05, 4.69) is 17.2 Å². The molecular formula is C18H12Cl4N2O2. The van der Waals surface area contributed by atoms with E-state index < -0.39 is 11.8 Å². The molecule has 2 atom stereocenters. The third-order valence-electron chi connectivity index (χ3n) is 3.96. The van der Waals surface area contributed by atoms with Gasteiger partial charge in [-0.05, 0) is 36.4 Å². The predicted octanol–water partition coefficient (Wildman–Crippen LogP) is 5.68. The lowest BCUT2D eigenvalue weighted by atomic mass is 10.2. The Bertz CT molecular complexity index is 856. The molecule has 134 valence electrons. The number of benzene rings is 2. The number of rotatable bonds is 4. The smallest absolute Gasteiger partial charge is 0.232 e. The van der Waals surface area contributed by atoms with Crippen LogP contribution in [0.25, 0.3) is 0 Å². The number of nitrogens with one attached hydrogen (secondary N) is 2. The highest BCUT2D eigenvalue weighted by Crippen LogP contribution is 2.46. The number of hydrogen-bond acceptors (Lipinski definition) is 2. The minimum Gasteiger partial charge on any atom is -0.324 e. The van der Waals surface area contributed by atoms with Crippen molar-refractivity contribution in [2.24, 2.45) is 11.8 Å². The first-order chi connectivity index (χ1) is 12.3. The molecule has 0 spiro atoms. The predicted molar refractivity (Wildman–Crippen MR) is 106 cm³/mol. The largest absolute Gasteiger partial charge is 0.324 e. The van der Waals surface area contributed by atoms with E-state index in [9.17, 15) is 9.59 Å². The summed E-state index contributed by atoms with van der Waals surface area (Å²) in [6, 6.07) is 9.45. The van der Waals surface area contributed by atoms with Gasteiger partial charge in [-0.25, -0.2) is 0 Å². The van der Waals surface area contributed by atoms with Gasteiger partial charge in [0, 0.05) is 10.0 Å². The fraction of sp³-hybridized carbons (Fsp3) is 0.111. The van der Waals surface area contributed by atoms with Gasteiger partial charge >= 0.3 is 0 Å². The van der Waals surface area contributed by atoms with E-state index in [1.165, 1.54) is 12.1 Å². The molecule has 0 heterocycles. The molecule has 0 radical (unpaired) electrons. The highest BCUT2D eigenvalue weighted by atomic mass is 35.5. The molecule has 26 heavy (non-hydrogen) atoms. The number of hydrogen-bond donors (Lipinski definition) is 2. The van der Waals surface area contributed by atoms with Crippen LogP contribution in [0.1, 0.15) is 0 Å². The van der Waals surface area contributed by atoms with Crippen molar-refractivity contribution in [2.75, 3.05) is 10.6 Å². The second kappa shape index (κ2) is 7.49. The van der Waals surface area contributed by atoms with E-state index in [4.69, 9.17) is 46.4 Å². The van der Waals surface area contributed by atoms with E-state index in [1.807, 2.05) is 0 Å². The molecule has 4 nitrogen and oxygen atoms in total. The van der Waals surface area contributed by atoms with Crippen LogP contribution < -0.4 is 10.6 Å². The van der Waals surface area contributed by atoms with E-state index in [0.29, 0.717) is 37.0 Å². The van der Waals surface area contributed by atoms with Crippen LogP contribution in [0.2, 0.25) is 20.1 Å². The van der Waals surface area contributed by atoms with E-state index in [0.717, 1.165) is 0 Å². The third kappa shape index (κ3) is 3.99. The maximum atomic E-state index is 12.4. The molecule has 3 rings (SSSR count). The molecule has 0 saturated heterocycles. The molecular weight excluding hydrogens is 418 g/mol. The first kappa shape index (κ1) is 19.1. The van der Waals surface area contributed by atoms with Crippen molar-refractivity contribution in [2.45, 2.75) is 0 Å². The first-order valence-corrected chi connectivity index (χ1v) is 8.99. The fourth-order valence-corrected chi connectivity index (χ4v) is 3.24.